The molecule has 334 valence electrons. The molecule has 1 aromatic rings. The highest BCUT2D eigenvalue weighted by Crippen LogP contribution is 2.65. The predicted molar refractivity (Wildman–Crippen MR) is 226 cm³/mol. The minimum atomic E-state index is -0.618. The highest BCUT2D eigenvalue weighted by atomic mass is 16.7. The van der Waals surface area contributed by atoms with Crippen molar-refractivity contribution in [2.45, 2.75) is 172 Å². The van der Waals surface area contributed by atoms with E-state index in [9.17, 15) is 4.79 Å². The summed E-state index contributed by atoms with van der Waals surface area (Å²) in [4.78, 5) is 34.0. The molecular weight excluding hydrogens is 765 g/mol. The summed E-state index contributed by atoms with van der Waals surface area (Å²) in [7, 11) is 9.22. The van der Waals surface area contributed by atoms with E-state index < -0.39 is 12.4 Å². The first-order valence-electron chi connectivity index (χ1n) is 23.0. The molecule has 0 spiro atoms. The number of rotatable bonds is 10. The van der Waals surface area contributed by atoms with Gasteiger partial charge in [0.1, 0.15) is 24.4 Å². The predicted octanol–water partition coefficient (Wildman–Crippen LogP) is 6.50. The van der Waals surface area contributed by atoms with Crippen LogP contribution >= 0.6 is 0 Å². The molecule has 7 aliphatic rings. The van der Waals surface area contributed by atoms with Crippen molar-refractivity contribution in [3.63, 3.8) is 0 Å². The van der Waals surface area contributed by atoms with Gasteiger partial charge in [0.25, 0.3) is 0 Å². The van der Waals surface area contributed by atoms with Crippen LogP contribution in [0.15, 0.2) is 35.9 Å². The molecule has 12 heteroatoms. The van der Waals surface area contributed by atoms with E-state index in [0.717, 1.165) is 50.5 Å². The third-order valence-electron chi connectivity index (χ3n) is 15.7. The molecule has 0 bridgehead atoms. The largest absolute Gasteiger partial charge is 0.462 e. The Bertz CT molecular complexity index is 1710. The maximum Gasteiger partial charge on any atom is 0.306 e. The zero-order valence-electron chi connectivity index (χ0n) is 37.7. The first kappa shape index (κ1) is 44.2. The van der Waals surface area contributed by atoms with Crippen molar-refractivity contribution >= 4 is 17.4 Å². The third kappa shape index (κ3) is 8.38. The summed E-state index contributed by atoms with van der Waals surface area (Å²) in [5, 5.41) is 0. The minimum absolute atomic E-state index is 0.0251. The van der Waals surface area contributed by atoms with Crippen LogP contribution in [0, 0.1) is 42.4 Å². The van der Waals surface area contributed by atoms with Crippen molar-refractivity contribution in [1.29, 1.82) is 0 Å². The summed E-state index contributed by atoms with van der Waals surface area (Å²) in [5.41, 5.74) is 3.20. The number of likely N-dealkylation sites (N-methyl/N-ethyl adjacent to an activating group) is 1. The van der Waals surface area contributed by atoms with E-state index >= 15 is 4.79 Å². The number of methoxy groups -OCH3 is 3. The maximum atomic E-state index is 15.2. The van der Waals surface area contributed by atoms with Gasteiger partial charge in [0.05, 0.1) is 42.9 Å². The van der Waals surface area contributed by atoms with Crippen LogP contribution in [0.4, 0.5) is 5.69 Å². The Morgan fingerprint density at radius 1 is 0.850 bits per heavy atom. The molecule has 12 nitrogen and oxygen atoms in total. The maximum absolute atomic E-state index is 15.2. The third-order valence-corrected chi connectivity index (χ3v) is 15.7. The number of allylic oxidation sites excluding steroid dienone is 2. The first-order chi connectivity index (χ1) is 28.9. The minimum Gasteiger partial charge on any atom is -0.462 e. The smallest absolute Gasteiger partial charge is 0.306 e. The molecule has 0 aromatic heterocycles. The van der Waals surface area contributed by atoms with Gasteiger partial charge in [0, 0.05) is 44.9 Å². The molecule has 4 heterocycles. The molecule has 0 amide bonds. The van der Waals surface area contributed by atoms with Crippen molar-refractivity contribution in [3.05, 3.63) is 41.5 Å². The highest BCUT2D eigenvalue weighted by Gasteiger charge is 2.69. The lowest BCUT2D eigenvalue weighted by atomic mass is 9.66. The number of fused-ring (bicyclic) bond motifs is 8. The fourth-order valence-electron chi connectivity index (χ4n) is 12.8. The average molecular weight is 837 g/mol. The number of carbonyl (C=O) groups excluding carboxylic acids is 2. The van der Waals surface area contributed by atoms with E-state index in [2.05, 4.69) is 75.0 Å². The number of esters is 1. The van der Waals surface area contributed by atoms with Gasteiger partial charge in [-0.25, -0.2) is 0 Å². The molecule has 4 saturated heterocycles. The number of ether oxygens (including phenoxy) is 8. The Labute approximate surface area is 358 Å². The molecule has 1 aromatic carbocycles. The summed E-state index contributed by atoms with van der Waals surface area (Å²) in [6, 6.07) is 9.55. The van der Waals surface area contributed by atoms with Crippen molar-refractivity contribution < 1.29 is 47.5 Å². The van der Waals surface area contributed by atoms with Crippen LogP contribution in [0.3, 0.4) is 0 Å². The number of aryl methyl sites for hydroxylation is 1. The Hall–Kier alpha value is -2.42. The van der Waals surface area contributed by atoms with Gasteiger partial charge in [0.15, 0.2) is 18.4 Å². The molecule has 2 saturated carbocycles. The van der Waals surface area contributed by atoms with Crippen LogP contribution in [0.25, 0.3) is 0 Å². The molecule has 0 radical (unpaired) electrons. The molecule has 3 aliphatic carbocycles. The van der Waals surface area contributed by atoms with E-state index in [1.165, 1.54) is 11.3 Å². The molecule has 4 aliphatic heterocycles. The molecule has 0 N–H and O–H groups in total. The number of Topliss-reactive ketones (excluding diaryl/α,β-unsaturated/α-hetero) is 1. The number of cyclic esters (lactones) is 1. The lowest BCUT2D eigenvalue weighted by Gasteiger charge is -2.44. The van der Waals surface area contributed by atoms with Gasteiger partial charge in [-0.2, -0.15) is 0 Å². The fourth-order valence-corrected chi connectivity index (χ4v) is 12.8. The van der Waals surface area contributed by atoms with E-state index in [1.54, 1.807) is 21.3 Å². The summed E-state index contributed by atoms with van der Waals surface area (Å²) < 4.78 is 50.6. The molecular formula is C48H72N2O10. The number of hydrogen-bond acceptors (Lipinski definition) is 12. The van der Waals surface area contributed by atoms with Crippen molar-refractivity contribution in [3.8, 4) is 0 Å². The molecule has 60 heavy (non-hydrogen) atoms. The summed E-state index contributed by atoms with van der Waals surface area (Å²) in [5.74, 6) is 0.0475. The van der Waals surface area contributed by atoms with Crippen molar-refractivity contribution in [2.75, 3.05) is 40.3 Å². The van der Waals surface area contributed by atoms with E-state index in [-0.39, 0.29) is 109 Å². The van der Waals surface area contributed by atoms with Gasteiger partial charge < -0.3 is 47.7 Å². The molecule has 8 rings (SSSR count). The molecule has 3 unspecified atom stereocenters. The average Bonchev–Trinajstić information content (AvgIpc) is 3.63. The van der Waals surface area contributed by atoms with Crippen molar-refractivity contribution in [1.82, 2.24) is 4.90 Å². The number of ketones is 1. The Morgan fingerprint density at radius 3 is 2.28 bits per heavy atom. The van der Waals surface area contributed by atoms with Crippen molar-refractivity contribution in [2.24, 2.45) is 35.5 Å². The Balaban J connectivity index is 1.11. The van der Waals surface area contributed by atoms with Crippen LogP contribution in [0.5, 0.6) is 0 Å². The summed E-state index contributed by atoms with van der Waals surface area (Å²) in [6.45, 7) is 10.4. The number of benzene rings is 1. The summed E-state index contributed by atoms with van der Waals surface area (Å²) >= 11 is 0. The van der Waals surface area contributed by atoms with Gasteiger partial charge in [-0.3, -0.25) is 9.59 Å². The normalized spacial score (nSPS) is 44.5. The van der Waals surface area contributed by atoms with Gasteiger partial charge in [-0.15, -0.1) is 0 Å². The monoisotopic (exact) mass is 837 g/mol. The first-order valence-corrected chi connectivity index (χ1v) is 23.0. The second kappa shape index (κ2) is 18.4. The van der Waals surface area contributed by atoms with Crippen LogP contribution in [-0.2, 0) is 47.5 Å². The Kier molecular flexibility index (Phi) is 13.5. The summed E-state index contributed by atoms with van der Waals surface area (Å²) in [6.07, 6.45) is 6.10. The number of anilines is 1. The van der Waals surface area contributed by atoms with Gasteiger partial charge in [-0.1, -0.05) is 32.1 Å². The van der Waals surface area contributed by atoms with Crippen LogP contribution in [0.2, 0.25) is 0 Å². The van der Waals surface area contributed by atoms with Gasteiger partial charge in [-0.05, 0) is 133 Å². The van der Waals surface area contributed by atoms with Crippen LogP contribution < -0.4 is 4.90 Å². The van der Waals surface area contributed by atoms with E-state index in [0.29, 0.717) is 18.4 Å². The second-order valence-electron chi connectivity index (χ2n) is 19.3. The number of carbonyl (C=O) groups is 2. The zero-order valence-corrected chi connectivity index (χ0v) is 37.7. The zero-order chi connectivity index (χ0) is 42.6. The second-order valence-corrected chi connectivity index (χ2v) is 19.3. The lowest BCUT2D eigenvalue weighted by Crippen LogP contribution is -2.59. The topological polar surface area (TPSA) is 114 Å². The fraction of sp³-hybridized carbons (Fsp3) is 0.792. The SMILES string of the molecule is CC[C@H]1CCC[C@H](O[C@H]2CC[C@H](N(C)C)C(C)O2)[C@@H](C)C(=O)C2=C[C@H]3[C@@H]4C[C@H](O[C@@H]5OC(C)[C@H](OC)C(OC)[C@@H]5OC)C[C@H]4[C@H]4[C@@H]([C@H]3[C@@H]2CC(=O)O1)N4c1cccc(C)c1. The standard InChI is InChI=1S/C48H72N2O10/c1-11-30-16-13-17-38(60-40-19-18-37(49(6)7)27(4)56-40)26(3)44(52)36-23-33-32-21-31(59-48-47(55-10)46(54-9)45(53-8)28(5)57-48)22-35(32)42-43(41(33)34(36)24-39(51)58-30)50(42)29-15-12-14-25(2)20-29/h12,14-15,20,23,26-28,30-35,37-38,40-43,45-48H,11,13,16-19,21-22,24H2,1-10H3/t26-,27?,28?,30+,31+,32+,33+,34-,35-,37+,38+,40+,41-,42+,43-,45+,46?,47+,48+,50?/m1/s1. The highest BCUT2D eigenvalue weighted by molar-refractivity contribution is 5.99. The van der Waals surface area contributed by atoms with Gasteiger partial charge in [0.2, 0.25) is 0 Å². The van der Waals surface area contributed by atoms with Crippen LogP contribution in [0.1, 0.15) is 91.0 Å². The lowest BCUT2D eigenvalue weighted by molar-refractivity contribution is -0.314. The Morgan fingerprint density at radius 2 is 1.60 bits per heavy atom. The van der Waals surface area contributed by atoms with E-state index in [4.69, 9.17) is 37.9 Å². The van der Waals surface area contributed by atoms with E-state index in [1.807, 2.05) is 13.8 Å². The molecule has 6 fully saturated rings. The quantitative estimate of drug-likeness (QED) is 0.190. The number of nitrogens with zero attached hydrogens (tertiary/aromatic N) is 2. The molecule has 19 atom stereocenters. The van der Waals surface area contributed by atoms with Crippen LogP contribution in [-0.4, -0.2) is 132 Å². The van der Waals surface area contributed by atoms with Gasteiger partial charge >= 0.3 is 5.97 Å². The number of hydrogen-bond donors (Lipinski definition) is 0.